The van der Waals surface area contributed by atoms with Gasteiger partial charge in [0.2, 0.25) is 0 Å². The lowest BCUT2D eigenvalue weighted by Crippen LogP contribution is -2.23. The number of thiophene rings is 1. The van der Waals surface area contributed by atoms with Crippen molar-refractivity contribution in [3.05, 3.63) is 21.3 Å². The molecule has 1 rings (SSSR count). The molecule has 0 unspecified atom stereocenters. The molecule has 1 N–H and O–H groups in total. The van der Waals surface area contributed by atoms with Gasteiger partial charge in [0.05, 0.1) is 9.21 Å². The predicted octanol–water partition coefficient (Wildman–Crippen LogP) is 2.54. The van der Waals surface area contributed by atoms with Crippen LogP contribution < -0.4 is 5.32 Å². The Morgan fingerprint density at radius 2 is 2.43 bits per heavy atom. The molecular formula is C10H10ClNOS. The van der Waals surface area contributed by atoms with Crippen molar-refractivity contribution in [1.29, 1.82) is 0 Å². The minimum Gasteiger partial charge on any atom is -0.350 e. The smallest absolute Gasteiger partial charge is 0.261 e. The standard InChI is InChI=1S/C10H10ClNOS/c1-2-3-4-7-12-10(13)8-5-6-9(11)14-8/h5-6H,4,7H2,1H3,(H,12,13). The average Bonchev–Trinajstić information content (AvgIpc) is 2.59. The van der Waals surface area contributed by atoms with Gasteiger partial charge in [-0.05, 0) is 19.1 Å². The summed E-state index contributed by atoms with van der Waals surface area (Å²) in [4.78, 5) is 12.1. The van der Waals surface area contributed by atoms with E-state index in [9.17, 15) is 4.79 Å². The maximum Gasteiger partial charge on any atom is 0.261 e. The number of hydrogen-bond donors (Lipinski definition) is 1. The summed E-state index contributed by atoms with van der Waals surface area (Å²) in [5, 5.41) is 2.76. The largest absolute Gasteiger partial charge is 0.350 e. The third kappa shape index (κ3) is 3.41. The van der Waals surface area contributed by atoms with Crippen LogP contribution in [-0.4, -0.2) is 12.5 Å². The van der Waals surface area contributed by atoms with E-state index in [1.807, 2.05) is 0 Å². The normalized spacial score (nSPS) is 9.00. The molecule has 74 valence electrons. The molecule has 0 aliphatic rings. The summed E-state index contributed by atoms with van der Waals surface area (Å²) in [5.74, 6) is 5.55. The van der Waals surface area contributed by atoms with Crippen molar-refractivity contribution in [2.75, 3.05) is 6.54 Å². The molecule has 0 aromatic carbocycles. The van der Waals surface area contributed by atoms with Crippen molar-refractivity contribution in [3.63, 3.8) is 0 Å². The van der Waals surface area contributed by atoms with E-state index in [0.717, 1.165) is 0 Å². The van der Waals surface area contributed by atoms with Gasteiger partial charge < -0.3 is 5.32 Å². The Hall–Kier alpha value is -0.980. The molecule has 0 radical (unpaired) electrons. The first kappa shape index (κ1) is 11.1. The Balaban J connectivity index is 2.38. The fourth-order valence-corrected chi connectivity index (χ4v) is 1.85. The number of carbonyl (C=O) groups excluding carboxylic acids is 1. The average molecular weight is 228 g/mol. The van der Waals surface area contributed by atoms with Gasteiger partial charge in [-0.3, -0.25) is 4.79 Å². The highest BCUT2D eigenvalue weighted by Crippen LogP contribution is 2.20. The van der Waals surface area contributed by atoms with Crippen LogP contribution in [-0.2, 0) is 0 Å². The molecule has 0 atom stereocenters. The van der Waals surface area contributed by atoms with E-state index >= 15 is 0 Å². The minimum absolute atomic E-state index is 0.0835. The Morgan fingerprint density at radius 1 is 1.64 bits per heavy atom. The van der Waals surface area contributed by atoms with Crippen LogP contribution in [0.1, 0.15) is 23.0 Å². The van der Waals surface area contributed by atoms with Crippen LogP contribution in [0.3, 0.4) is 0 Å². The first-order valence-corrected chi connectivity index (χ1v) is 5.36. The molecule has 0 spiro atoms. The van der Waals surface area contributed by atoms with E-state index in [4.69, 9.17) is 11.6 Å². The number of carbonyl (C=O) groups is 1. The second kappa shape index (κ2) is 5.69. The van der Waals surface area contributed by atoms with Gasteiger partial charge >= 0.3 is 0 Å². The van der Waals surface area contributed by atoms with E-state index in [2.05, 4.69) is 17.2 Å². The highest BCUT2D eigenvalue weighted by molar-refractivity contribution is 7.17. The summed E-state index contributed by atoms with van der Waals surface area (Å²) in [5.41, 5.74) is 0. The van der Waals surface area contributed by atoms with Crippen LogP contribution in [0.15, 0.2) is 12.1 Å². The second-order valence-electron chi connectivity index (χ2n) is 2.54. The van der Waals surface area contributed by atoms with Crippen LogP contribution in [0.25, 0.3) is 0 Å². The highest BCUT2D eigenvalue weighted by atomic mass is 35.5. The SMILES string of the molecule is CC#CCCNC(=O)c1ccc(Cl)s1. The summed E-state index contributed by atoms with van der Waals surface area (Å²) in [6.45, 7) is 2.36. The Kier molecular flexibility index (Phi) is 4.51. The molecule has 1 amide bonds. The minimum atomic E-state index is -0.0835. The van der Waals surface area contributed by atoms with E-state index < -0.39 is 0 Å². The lowest BCUT2D eigenvalue weighted by Gasteiger charge is -1.98. The van der Waals surface area contributed by atoms with E-state index in [0.29, 0.717) is 22.2 Å². The lowest BCUT2D eigenvalue weighted by atomic mass is 10.4. The third-order valence-electron chi connectivity index (χ3n) is 1.51. The Bertz CT molecular complexity index is 375. The first-order chi connectivity index (χ1) is 6.74. The molecule has 0 saturated heterocycles. The van der Waals surface area contributed by atoms with Crippen LogP contribution in [0.2, 0.25) is 4.34 Å². The van der Waals surface area contributed by atoms with Gasteiger partial charge in [0, 0.05) is 13.0 Å². The lowest BCUT2D eigenvalue weighted by molar-refractivity contribution is 0.0958. The summed E-state index contributed by atoms with van der Waals surface area (Å²) >= 11 is 6.98. The molecule has 2 nitrogen and oxygen atoms in total. The molecule has 0 saturated carbocycles. The summed E-state index contributed by atoms with van der Waals surface area (Å²) in [7, 11) is 0. The predicted molar refractivity (Wildman–Crippen MR) is 59.7 cm³/mol. The van der Waals surface area contributed by atoms with Crippen LogP contribution in [0, 0.1) is 11.8 Å². The number of hydrogen-bond acceptors (Lipinski definition) is 2. The van der Waals surface area contributed by atoms with Crippen molar-refractivity contribution < 1.29 is 4.79 Å². The van der Waals surface area contributed by atoms with Crippen molar-refractivity contribution in [1.82, 2.24) is 5.32 Å². The van der Waals surface area contributed by atoms with Crippen LogP contribution >= 0.6 is 22.9 Å². The van der Waals surface area contributed by atoms with Gasteiger partial charge in [0.1, 0.15) is 0 Å². The quantitative estimate of drug-likeness (QED) is 0.624. The zero-order valence-corrected chi connectivity index (χ0v) is 9.34. The topological polar surface area (TPSA) is 29.1 Å². The Morgan fingerprint density at radius 3 is 3.00 bits per heavy atom. The molecule has 1 heterocycles. The van der Waals surface area contributed by atoms with Crippen molar-refractivity contribution in [3.8, 4) is 11.8 Å². The number of rotatable bonds is 3. The van der Waals surface area contributed by atoms with Gasteiger partial charge in [-0.25, -0.2) is 0 Å². The number of amides is 1. The van der Waals surface area contributed by atoms with Gasteiger partial charge in [0.15, 0.2) is 0 Å². The number of halogens is 1. The fourth-order valence-electron chi connectivity index (χ4n) is 0.887. The second-order valence-corrected chi connectivity index (χ2v) is 4.25. The zero-order valence-electron chi connectivity index (χ0n) is 7.76. The summed E-state index contributed by atoms with van der Waals surface area (Å²) in [6.07, 6.45) is 0.682. The van der Waals surface area contributed by atoms with Crippen molar-refractivity contribution in [2.24, 2.45) is 0 Å². The van der Waals surface area contributed by atoms with E-state index in [1.165, 1.54) is 11.3 Å². The van der Waals surface area contributed by atoms with Gasteiger partial charge in [0.25, 0.3) is 5.91 Å². The summed E-state index contributed by atoms with van der Waals surface area (Å²) in [6, 6.07) is 3.43. The van der Waals surface area contributed by atoms with Gasteiger partial charge in [-0.2, -0.15) is 0 Å². The van der Waals surface area contributed by atoms with E-state index in [-0.39, 0.29) is 5.91 Å². The molecule has 4 heteroatoms. The zero-order chi connectivity index (χ0) is 10.4. The van der Waals surface area contributed by atoms with Crippen molar-refractivity contribution >= 4 is 28.8 Å². The third-order valence-corrected chi connectivity index (χ3v) is 2.74. The molecule has 0 bridgehead atoms. The van der Waals surface area contributed by atoms with Crippen molar-refractivity contribution in [2.45, 2.75) is 13.3 Å². The maximum atomic E-state index is 11.4. The Labute approximate surface area is 92.3 Å². The van der Waals surface area contributed by atoms with E-state index in [1.54, 1.807) is 19.1 Å². The molecule has 1 aromatic heterocycles. The summed E-state index contributed by atoms with van der Waals surface area (Å²) < 4.78 is 0.628. The molecule has 1 aromatic rings. The maximum absolute atomic E-state index is 11.4. The van der Waals surface area contributed by atoms with Crippen LogP contribution in [0.5, 0.6) is 0 Å². The highest BCUT2D eigenvalue weighted by Gasteiger charge is 2.06. The van der Waals surface area contributed by atoms with Gasteiger partial charge in [-0.15, -0.1) is 23.2 Å². The number of nitrogens with one attached hydrogen (secondary N) is 1. The molecule has 0 aliphatic carbocycles. The molecular weight excluding hydrogens is 218 g/mol. The molecule has 0 aliphatic heterocycles. The fraction of sp³-hybridized carbons (Fsp3) is 0.300. The van der Waals surface area contributed by atoms with Gasteiger partial charge in [-0.1, -0.05) is 11.6 Å². The molecule has 14 heavy (non-hydrogen) atoms. The monoisotopic (exact) mass is 227 g/mol. The first-order valence-electron chi connectivity index (χ1n) is 4.17. The molecule has 0 fully saturated rings. The van der Waals surface area contributed by atoms with Crippen LogP contribution in [0.4, 0.5) is 0 Å².